The summed E-state index contributed by atoms with van der Waals surface area (Å²) in [6.07, 6.45) is 0.792. The summed E-state index contributed by atoms with van der Waals surface area (Å²) in [5.41, 5.74) is 3.39. The number of amides is 1. The molecule has 1 aromatic carbocycles. The van der Waals surface area contributed by atoms with E-state index in [1.807, 2.05) is 31.5 Å². The van der Waals surface area contributed by atoms with E-state index in [0.717, 1.165) is 29.9 Å². The van der Waals surface area contributed by atoms with Crippen molar-refractivity contribution in [1.29, 1.82) is 0 Å². The molecule has 0 saturated carbocycles. The molecule has 0 fully saturated rings. The number of rotatable bonds is 5. The van der Waals surface area contributed by atoms with Crippen LogP contribution in [0.4, 0.5) is 0 Å². The summed E-state index contributed by atoms with van der Waals surface area (Å²) in [5, 5.41) is 16.9. The number of nitrogens with zero attached hydrogens (tertiary/aromatic N) is 2. The van der Waals surface area contributed by atoms with E-state index in [4.69, 9.17) is 0 Å². The highest BCUT2D eigenvalue weighted by molar-refractivity contribution is 5.96. The van der Waals surface area contributed by atoms with Crippen molar-refractivity contribution in [1.82, 2.24) is 15.1 Å². The Morgan fingerprint density at radius 3 is 2.71 bits per heavy atom. The van der Waals surface area contributed by atoms with Gasteiger partial charge in [-0.15, -0.1) is 0 Å². The number of aromatic nitrogens is 2. The molecular formula is C16H21N3O2. The van der Waals surface area contributed by atoms with Gasteiger partial charge in [0, 0.05) is 18.8 Å². The molecule has 0 aliphatic rings. The summed E-state index contributed by atoms with van der Waals surface area (Å²) in [6, 6.07) is 7.03. The van der Waals surface area contributed by atoms with Crippen molar-refractivity contribution in [3.05, 3.63) is 46.8 Å². The number of hydrogen-bond donors (Lipinski definition) is 2. The van der Waals surface area contributed by atoms with Gasteiger partial charge < -0.3 is 10.4 Å². The van der Waals surface area contributed by atoms with Crippen LogP contribution in [-0.4, -0.2) is 27.3 Å². The zero-order valence-corrected chi connectivity index (χ0v) is 12.7. The zero-order valence-electron chi connectivity index (χ0n) is 12.7. The predicted molar refractivity (Wildman–Crippen MR) is 81.5 cm³/mol. The fraction of sp³-hybridized carbons (Fsp3) is 0.375. The molecule has 0 aliphatic carbocycles. The molecule has 0 spiro atoms. The first-order valence-electron chi connectivity index (χ1n) is 7.06. The van der Waals surface area contributed by atoms with Crippen molar-refractivity contribution >= 4 is 5.91 Å². The molecular weight excluding hydrogens is 266 g/mol. The van der Waals surface area contributed by atoms with Gasteiger partial charge in [0.25, 0.3) is 5.91 Å². The van der Waals surface area contributed by atoms with Crippen LogP contribution in [0.3, 0.4) is 0 Å². The Morgan fingerprint density at radius 2 is 2.05 bits per heavy atom. The minimum absolute atomic E-state index is 0.0108. The van der Waals surface area contributed by atoms with Crippen LogP contribution in [0, 0.1) is 20.8 Å². The van der Waals surface area contributed by atoms with Gasteiger partial charge in [0.15, 0.2) is 0 Å². The van der Waals surface area contributed by atoms with Crippen LogP contribution in [0.15, 0.2) is 24.3 Å². The summed E-state index contributed by atoms with van der Waals surface area (Å²) in [4.78, 5) is 12.0. The van der Waals surface area contributed by atoms with Gasteiger partial charge in [0.2, 0.25) is 0 Å². The van der Waals surface area contributed by atoms with Crippen LogP contribution in [0.1, 0.15) is 33.7 Å². The minimum atomic E-state index is -0.246. The first kappa shape index (κ1) is 15.1. The van der Waals surface area contributed by atoms with E-state index in [9.17, 15) is 9.90 Å². The largest absolute Gasteiger partial charge is 0.507 e. The SMILES string of the molecule is Cc1ccc(O)c(C(=O)NCCCn2nc(C)cc2C)c1. The van der Waals surface area contributed by atoms with Crippen molar-refractivity contribution < 1.29 is 9.90 Å². The number of aryl methyl sites for hydroxylation is 4. The summed E-state index contributed by atoms with van der Waals surface area (Å²) in [7, 11) is 0. The number of carbonyl (C=O) groups excluding carboxylic acids is 1. The molecule has 0 bridgehead atoms. The van der Waals surface area contributed by atoms with Gasteiger partial charge in [-0.3, -0.25) is 9.48 Å². The molecule has 0 atom stereocenters. The van der Waals surface area contributed by atoms with E-state index < -0.39 is 0 Å². The molecule has 1 aromatic heterocycles. The third kappa shape index (κ3) is 3.84. The Morgan fingerprint density at radius 1 is 1.29 bits per heavy atom. The van der Waals surface area contributed by atoms with Gasteiger partial charge in [-0.25, -0.2) is 0 Å². The van der Waals surface area contributed by atoms with Crippen LogP contribution in [0.5, 0.6) is 5.75 Å². The number of phenolic OH excluding ortho intramolecular Hbond substituents is 1. The lowest BCUT2D eigenvalue weighted by molar-refractivity contribution is 0.0950. The Labute approximate surface area is 124 Å². The maximum Gasteiger partial charge on any atom is 0.255 e. The Balaban J connectivity index is 1.84. The second-order valence-corrected chi connectivity index (χ2v) is 5.28. The van der Waals surface area contributed by atoms with E-state index in [2.05, 4.69) is 10.4 Å². The van der Waals surface area contributed by atoms with Gasteiger partial charge >= 0.3 is 0 Å². The number of nitrogens with one attached hydrogen (secondary N) is 1. The zero-order chi connectivity index (χ0) is 15.4. The molecule has 1 heterocycles. The second kappa shape index (κ2) is 6.43. The highest BCUT2D eigenvalue weighted by Gasteiger charge is 2.10. The van der Waals surface area contributed by atoms with E-state index in [1.54, 1.807) is 18.2 Å². The number of benzene rings is 1. The van der Waals surface area contributed by atoms with E-state index in [0.29, 0.717) is 12.1 Å². The van der Waals surface area contributed by atoms with Crippen molar-refractivity contribution in [2.45, 2.75) is 33.7 Å². The van der Waals surface area contributed by atoms with Crippen LogP contribution in [0.2, 0.25) is 0 Å². The first-order chi connectivity index (χ1) is 9.97. The van der Waals surface area contributed by atoms with Crippen molar-refractivity contribution in [2.24, 2.45) is 0 Å². The van der Waals surface area contributed by atoms with Crippen LogP contribution < -0.4 is 5.32 Å². The number of aromatic hydroxyl groups is 1. The number of hydrogen-bond acceptors (Lipinski definition) is 3. The molecule has 5 heteroatoms. The molecule has 2 N–H and O–H groups in total. The quantitative estimate of drug-likeness (QED) is 0.829. The van der Waals surface area contributed by atoms with Crippen LogP contribution >= 0.6 is 0 Å². The van der Waals surface area contributed by atoms with Crippen molar-refractivity contribution in [3.63, 3.8) is 0 Å². The Bertz CT molecular complexity index is 647. The Kier molecular flexibility index (Phi) is 4.62. The highest BCUT2D eigenvalue weighted by atomic mass is 16.3. The number of phenols is 1. The molecule has 0 radical (unpaired) electrons. The fourth-order valence-corrected chi connectivity index (χ4v) is 2.26. The molecule has 0 aliphatic heterocycles. The number of carbonyl (C=O) groups is 1. The predicted octanol–water partition coefficient (Wildman–Crippen LogP) is 2.33. The molecule has 2 rings (SSSR count). The van der Waals surface area contributed by atoms with Crippen molar-refractivity contribution in [3.8, 4) is 5.75 Å². The van der Waals surface area contributed by atoms with Gasteiger partial charge in [-0.2, -0.15) is 5.10 Å². The van der Waals surface area contributed by atoms with Gasteiger partial charge in [-0.05, 0) is 45.4 Å². The highest BCUT2D eigenvalue weighted by Crippen LogP contribution is 2.17. The Hall–Kier alpha value is -2.30. The summed E-state index contributed by atoms with van der Waals surface area (Å²) < 4.78 is 1.94. The topological polar surface area (TPSA) is 67.2 Å². The molecule has 1 amide bonds. The van der Waals surface area contributed by atoms with Gasteiger partial charge in [-0.1, -0.05) is 11.6 Å². The maximum absolute atomic E-state index is 12.0. The normalized spacial score (nSPS) is 10.6. The third-order valence-corrected chi connectivity index (χ3v) is 3.33. The average Bonchev–Trinajstić information content (AvgIpc) is 2.75. The molecule has 21 heavy (non-hydrogen) atoms. The molecule has 0 saturated heterocycles. The minimum Gasteiger partial charge on any atom is -0.507 e. The van der Waals surface area contributed by atoms with Crippen LogP contribution in [0.25, 0.3) is 0 Å². The van der Waals surface area contributed by atoms with Gasteiger partial charge in [0.1, 0.15) is 5.75 Å². The standard InChI is InChI=1S/C16H21N3O2/c1-11-5-6-15(20)14(9-11)16(21)17-7-4-8-19-13(3)10-12(2)18-19/h5-6,9-10,20H,4,7-8H2,1-3H3,(H,17,21). The molecule has 5 nitrogen and oxygen atoms in total. The van der Waals surface area contributed by atoms with Crippen LogP contribution in [-0.2, 0) is 6.54 Å². The van der Waals surface area contributed by atoms with E-state index in [1.165, 1.54) is 0 Å². The summed E-state index contributed by atoms with van der Waals surface area (Å²) >= 11 is 0. The lowest BCUT2D eigenvalue weighted by atomic mass is 10.1. The summed E-state index contributed by atoms with van der Waals surface area (Å²) in [6.45, 7) is 7.18. The average molecular weight is 287 g/mol. The first-order valence-corrected chi connectivity index (χ1v) is 7.06. The molecule has 0 unspecified atom stereocenters. The van der Waals surface area contributed by atoms with Crippen molar-refractivity contribution in [2.75, 3.05) is 6.54 Å². The third-order valence-electron chi connectivity index (χ3n) is 3.33. The molecule has 112 valence electrons. The smallest absolute Gasteiger partial charge is 0.255 e. The monoisotopic (exact) mass is 287 g/mol. The molecule has 2 aromatic rings. The second-order valence-electron chi connectivity index (χ2n) is 5.28. The lowest BCUT2D eigenvalue weighted by Crippen LogP contribution is -2.25. The van der Waals surface area contributed by atoms with Gasteiger partial charge in [0.05, 0.1) is 11.3 Å². The van der Waals surface area contributed by atoms with E-state index >= 15 is 0 Å². The van der Waals surface area contributed by atoms with E-state index in [-0.39, 0.29) is 11.7 Å². The maximum atomic E-state index is 12.0. The lowest BCUT2D eigenvalue weighted by Gasteiger charge is -2.08. The summed E-state index contributed by atoms with van der Waals surface area (Å²) in [5.74, 6) is -0.235. The fourth-order valence-electron chi connectivity index (χ4n) is 2.26.